The highest BCUT2D eigenvalue weighted by molar-refractivity contribution is 9.10. The van der Waals surface area contributed by atoms with Crippen molar-refractivity contribution in [2.75, 3.05) is 0 Å². The predicted octanol–water partition coefficient (Wildman–Crippen LogP) is 4.84. The molecule has 0 aliphatic heterocycles. The second-order valence-corrected chi connectivity index (χ2v) is 6.14. The summed E-state index contributed by atoms with van der Waals surface area (Å²) in [6, 6.07) is 11.6. The van der Waals surface area contributed by atoms with E-state index in [2.05, 4.69) is 37.2 Å². The summed E-state index contributed by atoms with van der Waals surface area (Å²) in [5, 5.41) is 2.89. The van der Waals surface area contributed by atoms with E-state index >= 15 is 0 Å². The highest BCUT2D eigenvalue weighted by Gasteiger charge is 2.14. The van der Waals surface area contributed by atoms with Crippen LogP contribution in [0.15, 0.2) is 51.4 Å². The molecule has 20 heavy (non-hydrogen) atoms. The van der Waals surface area contributed by atoms with E-state index < -0.39 is 0 Å². The molecule has 0 aromatic heterocycles. The van der Waals surface area contributed by atoms with Crippen LogP contribution in [0.5, 0.6) is 0 Å². The minimum absolute atomic E-state index is 0.132. The van der Waals surface area contributed by atoms with Gasteiger partial charge >= 0.3 is 0 Å². The monoisotopic (exact) mass is 399 g/mol. The zero-order valence-corrected chi connectivity index (χ0v) is 13.8. The standard InChI is InChI=1S/C15H12Br2FNO/c1-9(10-2-4-11(16)5-3-10)19-15(20)13-7-6-12(18)8-14(13)17/h2-9H,1H3,(H,19,20). The van der Waals surface area contributed by atoms with Crippen molar-refractivity contribution in [3.8, 4) is 0 Å². The number of nitrogens with one attached hydrogen (secondary N) is 1. The Labute approximate surface area is 133 Å². The van der Waals surface area contributed by atoms with Crippen LogP contribution in [0, 0.1) is 5.82 Å². The summed E-state index contributed by atoms with van der Waals surface area (Å²) in [7, 11) is 0. The van der Waals surface area contributed by atoms with Crippen molar-refractivity contribution in [1.29, 1.82) is 0 Å². The highest BCUT2D eigenvalue weighted by Crippen LogP contribution is 2.20. The molecule has 0 fully saturated rings. The third kappa shape index (κ3) is 3.67. The van der Waals surface area contributed by atoms with Crippen molar-refractivity contribution in [2.24, 2.45) is 0 Å². The van der Waals surface area contributed by atoms with Crippen LogP contribution >= 0.6 is 31.9 Å². The molecule has 0 radical (unpaired) electrons. The molecule has 0 saturated carbocycles. The van der Waals surface area contributed by atoms with Gasteiger partial charge in [-0.1, -0.05) is 28.1 Å². The van der Waals surface area contributed by atoms with Gasteiger partial charge in [0, 0.05) is 8.95 Å². The van der Waals surface area contributed by atoms with Gasteiger partial charge in [-0.05, 0) is 58.7 Å². The van der Waals surface area contributed by atoms with Crippen molar-refractivity contribution < 1.29 is 9.18 Å². The molecule has 0 spiro atoms. The van der Waals surface area contributed by atoms with Crippen molar-refractivity contribution in [3.05, 3.63) is 68.4 Å². The van der Waals surface area contributed by atoms with Gasteiger partial charge in [0.25, 0.3) is 5.91 Å². The molecule has 2 aromatic carbocycles. The Kier molecular flexibility index (Phi) is 4.94. The molecule has 1 N–H and O–H groups in total. The van der Waals surface area contributed by atoms with Gasteiger partial charge in [0.05, 0.1) is 11.6 Å². The maximum atomic E-state index is 13.0. The Balaban J connectivity index is 2.13. The first-order valence-corrected chi connectivity index (χ1v) is 7.57. The van der Waals surface area contributed by atoms with E-state index in [-0.39, 0.29) is 17.8 Å². The number of halogens is 3. The maximum absolute atomic E-state index is 13.0. The van der Waals surface area contributed by atoms with Crippen molar-refractivity contribution >= 4 is 37.8 Å². The first-order chi connectivity index (χ1) is 9.47. The minimum atomic E-state index is -0.380. The highest BCUT2D eigenvalue weighted by atomic mass is 79.9. The van der Waals surface area contributed by atoms with E-state index in [4.69, 9.17) is 0 Å². The predicted molar refractivity (Wildman–Crippen MR) is 84.1 cm³/mol. The van der Waals surface area contributed by atoms with Gasteiger partial charge in [0.15, 0.2) is 0 Å². The molecule has 2 aromatic rings. The van der Waals surface area contributed by atoms with Gasteiger partial charge < -0.3 is 5.32 Å². The maximum Gasteiger partial charge on any atom is 0.252 e. The Bertz CT molecular complexity index is 628. The summed E-state index contributed by atoms with van der Waals surface area (Å²) in [6.07, 6.45) is 0. The quantitative estimate of drug-likeness (QED) is 0.784. The first-order valence-electron chi connectivity index (χ1n) is 5.99. The molecule has 1 amide bonds. The van der Waals surface area contributed by atoms with E-state index in [1.165, 1.54) is 18.2 Å². The van der Waals surface area contributed by atoms with E-state index in [0.717, 1.165) is 10.0 Å². The second kappa shape index (κ2) is 6.50. The fraction of sp³-hybridized carbons (Fsp3) is 0.133. The second-order valence-electron chi connectivity index (χ2n) is 4.37. The van der Waals surface area contributed by atoms with Gasteiger partial charge in [0.1, 0.15) is 5.82 Å². The fourth-order valence-electron chi connectivity index (χ4n) is 1.78. The number of carbonyl (C=O) groups excluding carboxylic acids is 1. The van der Waals surface area contributed by atoms with Crippen molar-refractivity contribution in [2.45, 2.75) is 13.0 Å². The number of hydrogen-bond donors (Lipinski definition) is 1. The number of rotatable bonds is 3. The molecule has 5 heteroatoms. The van der Waals surface area contributed by atoms with Gasteiger partial charge in [-0.15, -0.1) is 0 Å². The molecule has 1 atom stereocenters. The SMILES string of the molecule is CC(NC(=O)c1ccc(F)cc1Br)c1ccc(Br)cc1. The lowest BCUT2D eigenvalue weighted by Gasteiger charge is -2.15. The average Bonchev–Trinajstić information content (AvgIpc) is 2.39. The smallest absolute Gasteiger partial charge is 0.252 e. The van der Waals surface area contributed by atoms with E-state index in [1.54, 1.807) is 0 Å². The largest absolute Gasteiger partial charge is 0.345 e. The molecule has 104 valence electrons. The molecule has 2 nitrogen and oxygen atoms in total. The zero-order valence-electron chi connectivity index (χ0n) is 10.7. The van der Waals surface area contributed by atoms with Crippen LogP contribution in [0.2, 0.25) is 0 Å². The normalized spacial score (nSPS) is 12.0. The lowest BCUT2D eigenvalue weighted by Crippen LogP contribution is -2.26. The molecule has 0 saturated heterocycles. The molecular formula is C15H12Br2FNO. The molecule has 0 bridgehead atoms. The zero-order chi connectivity index (χ0) is 14.7. The lowest BCUT2D eigenvalue weighted by atomic mass is 10.1. The topological polar surface area (TPSA) is 29.1 Å². The summed E-state index contributed by atoms with van der Waals surface area (Å²) in [4.78, 5) is 12.2. The third-order valence-electron chi connectivity index (χ3n) is 2.89. The molecule has 0 aliphatic rings. The fourth-order valence-corrected chi connectivity index (χ4v) is 2.58. The lowest BCUT2D eigenvalue weighted by molar-refractivity contribution is 0.0939. The molecule has 0 heterocycles. The molecule has 0 aliphatic carbocycles. The summed E-state index contributed by atoms with van der Waals surface area (Å²) < 4.78 is 14.4. The van der Waals surface area contributed by atoms with E-state index in [1.807, 2.05) is 31.2 Å². The van der Waals surface area contributed by atoms with Gasteiger partial charge in [-0.2, -0.15) is 0 Å². The molecule has 2 rings (SSSR count). The number of hydrogen-bond acceptors (Lipinski definition) is 1. The number of amides is 1. The number of carbonyl (C=O) groups is 1. The van der Waals surface area contributed by atoms with Gasteiger partial charge in [-0.25, -0.2) is 4.39 Å². The van der Waals surface area contributed by atoms with Crippen LogP contribution in [0.4, 0.5) is 4.39 Å². The minimum Gasteiger partial charge on any atom is -0.345 e. The third-order valence-corrected chi connectivity index (χ3v) is 4.08. The summed E-state index contributed by atoms with van der Waals surface area (Å²) in [6.45, 7) is 1.90. The molecular weight excluding hydrogens is 389 g/mol. The summed E-state index contributed by atoms with van der Waals surface area (Å²) in [5.41, 5.74) is 1.41. The summed E-state index contributed by atoms with van der Waals surface area (Å²) in [5.74, 6) is -0.623. The Morgan fingerprint density at radius 3 is 2.40 bits per heavy atom. The van der Waals surface area contributed by atoms with E-state index in [0.29, 0.717) is 10.0 Å². The van der Waals surface area contributed by atoms with Crippen molar-refractivity contribution in [1.82, 2.24) is 5.32 Å². The average molecular weight is 401 g/mol. The Morgan fingerprint density at radius 2 is 1.80 bits per heavy atom. The van der Waals surface area contributed by atoms with Crippen molar-refractivity contribution in [3.63, 3.8) is 0 Å². The van der Waals surface area contributed by atoms with Gasteiger partial charge in [0.2, 0.25) is 0 Å². The van der Waals surface area contributed by atoms with Crippen LogP contribution in [0.3, 0.4) is 0 Å². The first kappa shape index (κ1) is 15.2. The number of benzene rings is 2. The van der Waals surface area contributed by atoms with Crippen LogP contribution in [0.1, 0.15) is 28.9 Å². The Hall–Kier alpha value is -1.20. The van der Waals surface area contributed by atoms with Crippen LogP contribution in [-0.2, 0) is 0 Å². The van der Waals surface area contributed by atoms with Gasteiger partial charge in [-0.3, -0.25) is 4.79 Å². The molecule has 1 unspecified atom stereocenters. The van der Waals surface area contributed by atoms with E-state index in [9.17, 15) is 9.18 Å². The Morgan fingerprint density at radius 1 is 1.15 bits per heavy atom. The summed E-state index contributed by atoms with van der Waals surface area (Å²) >= 11 is 6.57. The van der Waals surface area contributed by atoms with Crippen LogP contribution in [-0.4, -0.2) is 5.91 Å². The van der Waals surface area contributed by atoms with Crippen LogP contribution in [0.25, 0.3) is 0 Å². The van der Waals surface area contributed by atoms with Crippen LogP contribution < -0.4 is 5.32 Å².